The first-order valence-electron chi connectivity index (χ1n) is 16.5. The minimum Gasteiger partial charge on any atom is -0.345 e. The van der Waals surface area contributed by atoms with Crippen LogP contribution in [0, 0.1) is 0 Å². The van der Waals surface area contributed by atoms with Crippen LogP contribution in [0.25, 0.3) is 22.3 Å². The van der Waals surface area contributed by atoms with Crippen LogP contribution in [0.4, 0.5) is 28.4 Å². The fourth-order valence-corrected chi connectivity index (χ4v) is 8.66. The SMILES string of the molecule is CN(c1cccc(N2c3ccccc3Cc3ccccc32)c1)c1ccc2c(c1)-c1ccccc1C21c2ccccc2-c2ccccc21. The van der Waals surface area contributed by atoms with Crippen molar-refractivity contribution in [3.8, 4) is 22.3 Å². The lowest BCUT2D eigenvalue weighted by molar-refractivity contribution is 0.793. The number of rotatable bonds is 3. The second-order valence-corrected chi connectivity index (χ2v) is 13.0. The first-order chi connectivity index (χ1) is 23.2. The van der Waals surface area contributed by atoms with Gasteiger partial charge in [0, 0.05) is 41.9 Å². The van der Waals surface area contributed by atoms with Crippen molar-refractivity contribution in [1.29, 1.82) is 0 Å². The highest BCUT2D eigenvalue weighted by atomic mass is 15.2. The highest BCUT2D eigenvalue weighted by Crippen LogP contribution is 2.63. The van der Waals surface area contributed by atoms with Crippen LogP contribution in [-0.4, -0.2) is 7.05 Å². The summed E-state index contributed by atoms with van der Waals surface area (Å²) in [5, 5.41) is 0. The molecule has 1 aliphatic heterocycles. The highest BCUT2D eigenvalue weighted by molar-refractivity contribution is 5.96. The van der Waals surface area contributed by atoms with Gasteiger partial charge >= 0.3 is 0 Å². The Morgan fingerprint density at radius 3 is 1.55 bits per heavy atom. The number of nitrogens with zero attached hydrogens (tertiary/aromatic N) is 2. The largest absolute Gasteiger partial charge is 0.345 e. The molecule has 3 aliphatic rings. The Balaban J connectivity index is 1.11. The number of anilines is 5. The normalized spacial score (nSPS) is 14.1. The standard InChI is InChI=1S/C45H32N2/c1-46(32-15-12-16-34(28-32)47-43-23-10-2-13-30(43)27-31-14-3-11-24-44(31)47)33-25-26-42-38(29-33)37-19-6-9-22-41(37)45(42)39-20-7-4-17-35(39)36-18-5-8-21-40(36)45/h2-26,28-29H,27H2,1H3. The van der Waals surface area contributed by atoms with Gasteiger partial charge < -0.3 is 9.80 Å². The second-order valence-electron chi connectivity index (χ2n) is 13.0. The number of hydrogen-bond acceptors (Lipinski definition) is 2. The molecule has 1 heterocycles. The molecule has 0 N–H and O–H groups in total. The Labute approximate surface area is 275 Å². The van der Waals surface area contributed by atoms with Gasteiger partial charge in [-0.1, -0.05) is 121 Å². The molecule has 1 spiro atoms. The molecule has 0 amide bonds. The summed E-state index contributed by atoms with van der Waals surface area (Å²) in [6.45, 7) is 0. The summed E-state index contributed by atoms with van der Waals surface area (Å²) in [6, 6.07) is 60.7. The number of para-hydroxylation sites is 2. The quantitative estimate of drug-likeness (QED) is 0.199. The van der Waals surface area contributed by atoms with Crippen LogP contribution in [0.3, 0.4) is 0 Å². The molecule has 10 rings (SSSR count). The van der Waals surface area contributed by atoms with Gasteiger partial charge in [-0.15, -0.1) is 0 Å². The fraction of sp³-hybridized carbons (Fsp3) is 0.0667. The van der Waals surface area contributed by atoms with Crippen LogP contribution < -0.4 is 9.80 Å². The van der Waals surface area contributed by atoms with E-state index in [0.717, 1.165) is 12.1 Å². The minimum absolute atomic E-state index is 0.314. The van der Waals surface area contributed by atoms with Crippen molar-refractivity contribution in [2.24, 2.45) is 0 Å². The molecular weight excluding hydrogens is 569 g/mol. The molecule has 0 saturated carbocycles. The average molecular weight is 601 g/mol. The number of benzene rings is 7. The van der Waals surface area contributed by atoms with Gasteiger partial charge in [-0.3, -0.25) is 0 Å². The molecule has 2 nitrogen and oxygen atoms in total. The van der Waals surface area contributed by atoms with E-state index in [4.69, 9.17) is 0 Å². The Bertz CT molecular complexity index is 2290. The van der Waals surface area contributed by atoms with Crippen molar-refractivity contribution in [2.45, 2.75) is 11.8 Å². The molecule has 7 aromatic rings. The zero-order chi connectivity index (χ0) is 31.1. The van der Waals surface area contributed by atoms with Crippen LogP contribution in [-0.2, 0) is 11.8 Å². The molecule has 2 heteroatoms. The topological polar surface area (TPSA) is 6.48 Å². The molecule has 0 fully saturated rings. The van der Waals surface area contributed by atoms with E-state index in [1.807, 2.05) is 0 Å². The molecule has 222 valence electrons. The van der Waals surface area contributed by atoms with Crippen molar-refractivity contribution in [2.75, 3.05) is 16.8 Å². The lowest BCUT2D eigenvalue weighted by Crippen LogP contribution is -2.25. The zero-order valence-electron chi connectivity index (χ0n) is 26.2. The van der Waals surface area contributed by atoms with Crippen molar-refractivity contribution < 1.29 is 0 Å². The predicted molar refractivity (Wildman–Crippen MR) is 195 cm³/mol. The van der Waals surface area contributed by atoms with Crippen molar-refractivity contribution in [3.63, 3.8) is 0 Å². The molecule has 0 atom stereocenters. The first kappa shape index (κ1) is 26.4. The Morgan fingerprint density at radius 2 is 0.936 bits per heavy atom. The predicted octanol–water partition coefficient (Wildman–Crippen LogP) is 11.2. The molecule has 0 saturated heterocycles. The maximum absolute atomic E-state index is 2.42. The highest BCUT2D eigenvalue weighted by Gasteiger charge is 2.51. The van der Waals surface area contributed by atoms with Crippen LogP contribution in [0.5, 0.6) is 0 Å². The van der Waals surface area contributed by atoms with E-state index in [1.165, 1.54) is 78.4 Å². The van der Waals surface area contributed by atoms with Gasteiger partial charge in [0.05, 0.1) is 5.41 Å². The van der Waals surface area contributed by atoms with Gasteiger partial charge in [0.2, 0.25) is 0 Å². The molecule has 0 aromatic heterocycles. The Kier molecular flexibility index (Phi) is 5.51. The lowest BCUT2D eigenvalue weighted by Gasteiger charge is -2.34. The molecule has 2 aliphatic carbocycles. The van der Waals surface area contributed by atoms with Gasteiger partial charge in [-0.2, -0.15) is 0 Å². The minimum atomic E-state index is -0.314. The monoisotopic (exact) mass is 600 g/mol. The third-order valence-electron chi connectivity index (χ3n) is 10.7. The lowest BCUT2D eigenvalue weighted by atomic mass is 9.70. The van der Waals surface area contributed by atoms with Crippen LogP contribution in [0.2, 0.25) is 0 Å². The zero-order valence-corrected chi connectivity index (χ0v) is 26.2. The first-order valence-corrected chi connectivity index (χ1v) is 16.5. The molecule has 7 aromatic carbocycles. The van der Waals surface area contributed by atoms with Crippen molar-refractivity contribution in [1.82, 2.24) is 0 Å². The van der Waals surface area contributed by atoms with E-state index in [0.29, 0.717) is 0 Å². The molecule has 0 bridgehead atoms. The summed E-state index contributed by atoms with van der Waals surface area (Å²) in [5.41, 5.74) is 19.2. The van der Waals surface area contributed by atoms with E-state index >= 15 is 0 Å². The van der Waals surface area contributed by atoms with Crippen molar-refractivity contribution >= 4 is 28.4 Å². The summed E-state index contributed by atoms with van der Waals surface area (Å²) in [7, 11) is 2.19. The van der Waals surface area contributed by atoms with E-state index in [1.54, 1.807) is 0 Å². The van der Waals surface area contributed by atoms with E-state index in [2.05, 4.69) is 181 Å². The van der Waals surface area contributed by atoms with Gasteiger partial charge in [0.1, 0.15) is 0 Å². The van der Waals surface area contributed by atoms with E-state index in [-0.39, 0.29) is 5.41 Å². The molecule has 47 heavy (non-hydrogen) atoms. The van der Waals surface area contributed by atoms with Crippen LogP contribution in [0.1, 0.15) is 33.4 Å². The molecular formula is C45H32N2. The Hall–Kier alpha value is -5.86. The summed E-state index contributed by atoms with van der Waals surface area (Å²) in [5.74, 6) is 0. The average Bonchev–Trinajstić information content (AvgIpc) is 3.60. The third kappa shape index (κ3) is 3.56. The van der Waals surface area contributed by atoms with Crippen LogP contribution >= 0.6 is 0 Å². The van der Waals surface area contributed by atoms with Gasteiger partial charge in [0.15, 0.2) is 0 Å². The van der Waals surface area contributed by atoms with E-state index in [9.17, 15) is 0 Å². The number of hydrogen-bond donors (Lipinski definition) is 0. The van der Waals surface area contributed by atoms with Crippen LogP contribution in [0.15, 0.2) is 164 Å². The maximum Gasteiger partial charge on any atom is 0.0725 e. The van der Waals surface area contributed by atoms with Gasteiger partial charge in [0.25, 0.3) is 0 Å². The Morgan fingerprint density at radius 1 is 0.447 bits per heavy atom. The number of fused-ring (bicyclic) bond motifs is 12. The molecule has 0 unspecified atom stereocenters. The summed E-state index contributed by atoms with van der Waals surface area (Å²) >= 11 is 0. The molecule has 0 radical (unpaired) electrons. The third-order valence-corrected chi connectivity index (χ3v) is 10.7. The smallest absolute Gasteiger partial charge is 0.0725 e. The fourth-order valence-electron chi connectivity index (χ4n) is 8.66. The van der Waals surface area contributed by atoms with Crippen molar-refractivity contribution in [3.05, 3.63) is 197 Å². The summed E-state index contributed by atoms with van der Waals surface area (Å²) < 4.78 is 0. The van der Waals surface area contributed by atoms with Gasteiger partial charge in [-0.25, -0.2) is 0 Å². The second kappa shape index (κ2) is 9.82. The maximum atomic E-state index is 2.42. The van der Waals surface area contributed by atoms with E-state index < -0.39 is 0 Å². The summed E-state index contributed by atoms with van der Waals surface area (Å²) in [6.07, 6.45) is 0.954. The van der Waals surface area contributed by atoms with Gasteiger partial charge in [-0.05, 0) is 98.1 Å². The summed E-state index contributed by atoms with van der Waals surface area (Å²) in [4.78, 5) is 4.75.